The SMILES string of the molecule is NCC1(Sc2ccccc2Br)CC2(CCCCC2)C1. The summed E-state index contributed by atoms with van der Waals surface area (Å²) in [5.74, 6) is 0. The van der Waals surface area contributed by atoms with Gasteiger partial charge in [0, 0.05) is 20.7 Å². The van der Waals surface area contributed by atoms with Crippen LogP contribution in [0, 0.1) is 5.41 Å². The van der Waals surface area contributed by atoms with Crippen LogP contribution in [0.3, 0.4) is 0 Å². The van der Waals surface area contributed by atoms with Crippen molar-refractivity contribution >= 4 is 27.7 Å². The number of hydrogen-bond acceptors (Lipinski definition) is 2. The van der Waals surface area contributed by atoms with Crippen molar-refractivity contribution in [2.24, 2.45) is 11.1 Å². The number of benzene rings is 1. The molecule has 1 nitrogen and oxygen atoms in total. The fourth-order valence-electron chi connectivity index (χ4n) is 3.99. The monoisotopic (exact) mass is 339 g/mol. The van der Waals surface area contributed by atoms with Crippen LogP contribution in [0.15, 0.2) is 33.6 Å². The number of hydrogen-bond donors (Lipinski definition) is 1. The van der Waals surface area contributed by atoms with Gasteiger partial charge in [-0.2, -0.15) is 0 Å². The van der Waals surface area contributed by atoms with Crippen molar-refractivity contribution in [3.8, 4) is 0 Å². The fourth-order valence-corrected chi connectivity index (χ4v) is 6.14. The van der Waals surface area contributed by atoms with E-state index in [1.807, 2.05) is 11.8 Å². The van der Waals surface area contributed by atoms with Crippen molar-refractivity contribution in [1.82, 2.24) is 0 Å². The van der Waals surface area contributed by atoms with E-state index < -0.39 is 0 Å². The maximum atomic E-state index is 6.12. The Morgan fingerprint density at radius 3 is 2.42 bits per heavy atom. The summed E-state index contributed by atoms with van der Waals surface area (Å²) in [4.78, 5) is 1.35. The molecule has 0 aliphatic heterocycles. The maximum absolute atomic E-state index is 6.12. The van der Waals surface area contributed by atoms with E-state index in [4.69, 9.17) is 5.73 Å². The summed E-state index contributed by atoms with van der Waals surface area (Å²) in [7, 11) is 0. The molecule has 0 heterocycles. The van der Waals surface area contributed by atoms with Gasteiger partial charge >= 0.3 is 0 Å². The van der Waals surface area contributed by atoms with Crippen LogP contribution >= 0.6 is 27.7 Å². The predicted octanol–water partition coefficient (Wildman–Crippen LogP) is 4.98. The average Bonchev–Trinajstić information content (AvgIpc) is 2.40. The van der Waals surface area contributed by atoms with Crippen molar-refractivity contribution in [2.75, 3.05) is 6.54 Å². The van der Waals surface area contributed by atoms with Gasteiger partial charge in [0.25, 0.3) is 0 Å². The Balaban J connectivity index is 1.71. The van der Waals surface area contributed by atoms with Crippen LogP contribution in [0.25, 0.3) is 0 Å². The van der Waals surface area contributed by atoms with E-state index in [0.717, 1.165) is 6.54 Å². The normalized spacial score (nSPS) is 24.1. The quantitative estimate of drug-likeness (QED) is 0.839. The van der Waals surface area contributed by atoms with Crippen LogP contribution in [0.5, 0.6) is 0 Å². The van der Waals surface area contributed by atoms with Gasteiger partial charge in [-0.3, -0.25) is 0 Å². The second kappa shape index (κ2) is 5.42. The van der Waals surface area contributed by atoms with Gasteiger partial charge in [-0.05, 0) is 59.2 Å². The van der Waals surface area contributed by atoms with E-state index in [1.165, 1.54) is 54.3 Å². The standard InChI is InChI=1S/C16H22BrNS/c17-13-6-2-3-7-14(13)19-16(12-18)10-15(11-16)8-4-1-5-9-15/h2-3,6-7H,1,4-5,8-12,18H2. The van der Waals surface area contributed by atoms with Crippen LogP contribution in [-0.2, 0) is 0 Å². The van der Waals surface area contributed by atoms with Gasteiger partial charge in [0.15, 0.2) is 0 Å². The van der Waals surface area contributed by atoms with Crippen LogP contribution in [0.2, 0.25) is 0 Å². The minimum Gasteiger partial charge on any atom is -0.329 e. The summed E-state index contributed by atoms with van der Waals surface area (Å²) in [6.45, 7) is 0.806. The summed E-state index contributed by atoms with van der Waals surface area (Å²) < 4.78 is 1.50. The molecule has 1 aromatic carbocycles. The number of rotatable bonds is 3. The van der Waals surface area contributed by atoms with Crippen molar-refractivity contribution in [1.29, 1.82) is 0 Å². The third kappa shape index (κ3) is 2.74. The molecule has 2 aliphatic carbocycles. The van der Waals surface area contributed by atoms with Crippen LogP contribution in [0.4, 0.5) is 0 Å². The highest BCUT2D eigenvalue weighted by Crippen LogP contribution is 2.62. The molecule has 0 unspecified atom stereocenters. The molecule has 0 atom stereocenters. The lowest BCUT2D eigenvalue weighted by Crippen LogP contribution is -2.54. The predicted molar refractivity (Wildman–Crippen MR) is 86.5 cm³/mol. The summed E-state index contributed by atoms with van der Waals surface area (Å²) in [5.41, 5.74) is 6.77. The molecule has 0 aromatic heterocycles. The number of halogens is 1. The molecule has 2 N–H and O–H groups in total. The average molecular weight is 340 g/mol. The van der Waals surface area contributed by atoms with E-state index in [9.17, 15) is 0 Å². The highest BCUT2D eigenvalue weighted by Gasteiger charge is 2.54. The molecular formula is C16H22BrNS. The minimum atomic E-state index is 0.293. The molecule has 1 aromatic rings. The fraction of sp³-hybridized carbons (Fsp3) is 0.625. The molecule has 0 saturated heterocycles. The third-order valence-corrected chi connectivity index (χ3v) is 7.26. The van der Waals surface area contributed by atoms with Crippen molar-refractivity contribution < 1.29 is 0 Å². The summed E-state index contributed by atoms with van der Waals surface area (Å²) in [6.07, 6.45) is 9.82. The molecule has 104 valence electrons. The molecule has 19 heavy (non-hydrogen) atoms. The molecular weight excluding hydrogens is 318 g/mol. The molecule has 2 saturated carbocycles. The molecule has 2 fully saturated rings. The molecule has 1 spiro atoms. The van der Waals surface area contributed by atoms with Crippen LogP contribution in [-0.4, -0.2) is 11.3 Å². The first-order chi connectivity index (χ1) is 9.17. The Hall–Kier alpha value is 0.01000. The summed E-state index contributed by atoms with van der Waals surface area (Å²) >= 11 is 5.66. The van der Waals surface area contributed by atoms with Crippen LogP contribution in [0.1, 0.15) is 44.9 Å². The van der Waals surface area contributed by atoms with E-state index in [0.29, 0.717) is 10.2 Å². The molecule has 2 aliphatic rings. The first-order valence-corrected chi connectivity index (χ1v) is 8.92. The van der Waals surface area contributed by atoms with Crippen molar-refractivity contribution in [2.45, 2.75) is 54.6 Å². The van der Waals surface area contributed by atoms with Gasteiger partial charge in [-0.1, -0.05) is 31.4 Å². The lowest BCUT2D eigenvalue weighted by atomic mass is 9.55. The molecule has 0 radical (unpaired) electrons. The van der Waals surface area contributed by atoms with Crippen LogP contribution < -0.4 is 5.73 Å². The highest BCUT2D eigenvalue weighted by molar-refractivity contribution is 9.10. The third-order valence-electron chi connectivity index (χ3n) is 4.84. The van der Waals surface area contributed by atoms with E-state index in [-0.39, 0.29) is 0 Å². The zero-order valence-electron chi connectivity index (χ0n) is 11.3. The molecule has 0 amide bonds. The Labute approximate surface area is 128 Å². The highest BCUT2D eigenvalue weighted by atomic mass is 79.9. The van der Waals surface area contributed by atoms with Gasteiger partial charge in [0.1, 0.15) is 0 Å². The zero-order valence-corrected chi connectivity index (χ0v) is 13.7. The Bertz CT molecular complexity index is 446. The summed E-state index contributed by atoms with van der Waals surface area (Å²) in [6, 6.07) is 8.53. The first kappa shape index (κ1) is 14.0. The van der Waals surface area contributed by atoms with Gasteiger partial charge < -0.3 is 5.73 Å². The van der Waals surface area contributed by atoms with Gasteiger partial charge in [0.05, 0.1) is 0 Å². The minimum absolute atomic E-state index is 0.293. The lowest BCUT2D eigenvalue weighted by Gasteiger charge is -2.57. The first-order valence-electron chi connectivity index (χ1n) is 7.31. The Morgan fingerprint density at radius 2 is 1.79 bits per heavy atom. The van der Waals surface area contributed by atoms with E-state index >= 15 is 0 Å². The van der Waals surface area contributed by atoms with Crippen molar-refractivity contribution in [3.63, 3.8) is 0 Å². The second-order valence-corrected chi connectivity index (χ2v) is 8.70. The molecule has 3 rings (SSSR count). The molecule has 3 heteroatoms. The second-order valence-electron chi connectivity index (χ2n) is 6.33. The largest absolute Gasteiger partial charge is 0.329 e. The van der Waals surface area contributed by atoms with Gasteiger partial charge in [-0.15, -0.1) is 11.8 Å². The maximum Gasteiger partial charge on any atom is 0.0340 e. The lowest BCUT2D eigenvalue weighted by molar-refractivity contribution is 0.0402. The Morgan fingerprint density at radius 1 is 1.11 bits per heavy atom. The van der Waals surface area contributed by atoms with E-state index in [2.05, 4.69) is 40.2 Å². The molecule has 0 bridgehead atoms. The topological polar surface area (TPSA) is 26.0 Å². The van der Waals surface area contributed by atoms with E-state index in [1.54, 1.807) is 0 Å². The van der Waals surface area contributed by atoms with Crippen molar-refractivity contribution in [3.05, 3.63) is 28.7 Å². The summed E-state index contributed by atoms with van der Waals surface area (Å²) in [5, 5.41) is 0. The smallest absolute Gasteiger partial charge is 0.0340 e. The van der Waals surface area contributed by atoms with Gasteiger partial charge in [-0.25, -0.2) is 0 Å². The zero-order chi connectivity index (χ0) is 13.3. The number of nitrogens with two attached hydrogens (primary N) is 1. The van der Waals surface area contributed by atoms with Gasteiger partial charge in [0.2, 0.25) is 0 Å². The number of thioether (sulfide) groups is 1. The Kier molecular flexibility index (Phi) is 3.98.